The summed E-state index contributed by atoms with van der Waals surface area (Å²) in [6, 6.07) is -0.323. The Labute approximate surface area is 114 Å². The van der Waals surface area contributed by atoms with E-state index in [-0.39, 0.29) is 41.9 Å². The van der Waals surface area contributed by atoms with Gasteiger partial charge in [-0.25, -0.2) is 0 Å². The number of amides is 2. The van der Waals surface area contributed by atoms with Crippen molar-refractivity contribution in [3.63, 3.8) is 0 Å². The molecule has 2 heterocycles. The molecule has 0 aliphatic carbocycles. The smallest absolute Gasteiger partial charge is 0.242 e. The van der Waals surface area contributed by atoms with Gasteiger partial charge in [0, 0.05) is 13.1 Å². The van der Waals surface area contributed by atoms with Crippen molar-refractivity contribution in [1.82, 2.24) is 10.2 Å². The van der Waals surface area contributed by atoms with Gasteiger partial charge >= 0.3 is 0 Å². The maximum Gasteiger partial charge on any atom is 0.242 e. The highest BCUT2D eigenvalue weighted by atomic mass is 16.5. The van der Waals surface area contributed by atoms with Gasteiger partial charge in [-0.15, -0.1) is 0 Å². The van der Waals surface area contributed by atoms with Crippen LogP contribution in [0.5, 0.6) is 0 Å². The first-order valence-electron chi connectivity index (χ1n) is 7.21. The minimum atomic E-state index is -0.323. The lowest BCUT2D eigenvalue weighted by Gasteiger charge is -2.37. The van der Waals surface area contributed by atoms with E-state index in [4.69, 9.17) is 4.74 Å². The van der Waals surface area contributed by atoms with E-state index in [1.807, 2.05) is 20.8 Å². The highest BCUT2D eigenvalue weighted by molar-refractivity contribution is 5.90. The van der Waals surface area contributed by atoms with E-state index in [1.165, 1.54) is 0 Å². The maximum absolute atomic E-state index is 12.7. The molecule has 5 atom stereocenters. The summed E-state index contributed by atoms with van der Waals surface area (Å²) in [7, 11) is 0. The lowest BCUT2D eigenvalue weighted by molar-refractivity contribution is -0.148. The Bertz CT molecular complexity index is 372. The van der Waals surface area contributed by atoms with Crippen LogP contribution in [0.25, 0.3) is 0 Å². The Morgan fingerprint density at radius 1 is 1.37 bits per heavy atom. The fourth-order valence-electron chi connectivity index (χ4n) is 3.27. The molecule has 108 valence electrons. The monoisotopic (exact) mass is 268 g/mol. The predicted molar refractivity (Wildman–Crippen MR) is 71.5 cm³/mol. The fourth-order valence-corrected chi connectivity index (χ4v) is 3.27. The van der Waals surface area contributed by atoms with Crippen molar-refractivity contribution in [2.45, 2.75) is 52.4 Å². The summed E-state index contributed by atoms with van der Waals surface area (Å²) in [5.41, 5.74) is 0. The summed E-state index contributed by atoms with van der Waals surface area (Å²) in [5.74, 6) is 0.111. The minimum absolute atomic E-state index is 0.0330. The molecule has 0 aromatic carbocycles. The average molecular weight is 268 g/mol. The summed E-state index contributed by atoms with van der Waals surface area (Å²) in [6.45, 7) is 9.11. The molecule has 2 fully saturated rings. The zero-order valence-corrected chi connectivity index (χ0v) is 12.2. The SMILES string of the molecule is CCC1C(=O)NCCN1C(=O)C1C(C)OC(C)C1C. The molecule has 1 N–H and O–H groups in total. The van der Waals surface area contributed by atoms with E-state index < -0.39 is 0 Å². The highest BCUT2D eigenvalue weighted by Crippen LogP contribution is 2.34. The molecule has 0 spiro atoms. The van der Waals surface area contributed by atoms with Gasteiger partial charge in [0.05, 0.1) is 18.1 Å². The third kappa shape index (κ3) is 2.48. The molecule has 19 heavy (non-hydrogen) atoms. The first kappa shape index (κ1) is 14.3. The molecule has 5 unspecified atom stereocenters. The van der Waals surface area contributed by atoms with E-state index in [1.54, 1.807) is 4.90 Å². The minimum Gasteiger partial charge on any atom is -0.374 e. The lowest BCUT2D eigenvalue weighted by Crippen LogP contribution is -2.59. The third-order valence-corrected chi connectivity index (χ3v) is 4.53. The van der Waals surface area contributed by atoms with Crippen LogP contribution in [0.15, 0.2) is 0 Å². The van der Waals surface area contributed by atoms with Crippen molar-refractivity contribution in [3.8, 4) is 0 Å². The highest BCUT2D eigenvalue weighted by Gasteiger charge is 2.45. The van der Waals surface area contributed by atoms with Crippen LogP contribution in [0.4, 0.5) is 0 Å². The van der Waals surface area contributed by atoms with Crippen LogP contribution in [0.1, 0.15) is 34.1 Å². The lowest BCUT2D eigenvalue weighted by atomic mass is 9.87. The van der Waals surface area contributed by atoms with Crippen molar-refractivity contribution < 1.29 is 14.3 Å². The zero-order chi connectivity index (χ0) is 14.2. The molecule has 0 aromatic heterocycles. The second-order valence-corrected chi connectivity index (χ2v) is 5.68. The number of piperazine rings is 1. The summed E-state index contributed by atoms with van der Waals surface area (Å²) < 4.78 is 5.75. The predicted octanol–water partition coefficient (Wildman–Crippen LogP) is 0.783. The van der Waals surface area contributed by atoms with Gasteiger partial charge < -0.3 is 15.0 Å². The number of carbonyl (C=O) groups is 2. The molecule has 0 saturated carbocycles. The van der Waals surface area contributed by atoms with E-state index in [0.717, 1.165) is 0 Å². The molecule has 2 saturated heterocycles. The van der Waals surface area contributed by atoms with E-state index in [2.05, 4.69) is 12.2 Å². The van der Waals surface area contributed by atoms with Crippen LogP contribution in [0, 0.1) is 11.8 Å². The number of hydrogen-bond acceptors (Lipinski definition) is 3. The summed E-state index contributed by atoms with van der Waals surface area (Å²) in [5, 5.41) is 2.83. The molecule has 2 aliphatic heterocycles. The molecular formula is C14H24N2O3. The fraction of sp³-hybridized carbons (Fsp3) is 0.857. The van der Waals surface area contributed by atoms with E-state index in [0.29, 0.717) is 19.5 Å². The number of ether oxygens (including phenoxy) is 1. The Kier molecular flexibility index (Phi) is 4.13. The van der Waals surface area contributed by atoms with Crippen LogP contribution in [0.2, 0.25) is 0 Å². The number of hydrogen-bond donors (Lipinski definition) is 1. The molecule has 0 radical (unpaired) electrons. The number of rotatable bonds is 2. The van der Waals surface area contributed by atoms with Gasteiger partial charge in [0.25, 0.3) is 0 Å². The van der Waals surface area contributed by atoms with Gasteiger partial charge in [0.1, 0.15) is 6.04 Å². The first-order valence-corrected chi connectivity index (χ1v) is 7.21. The summed E-state index contributed by atoms with van der Waals surface area (Å²) >= 11 is 0. The standard InChI is InChI=1S/C14H24N2O3/c1-5-11-13(17)15-6-7-16(11)14(18)12-8(2)9(3)19-10(12)4/h8-12H,5-7H2,1-4H3,(H,15,17). The molecule has 2 aliphatic rings. The largest absolute Gasteiger partial charge is 0.374 e. The molecule has 2 amide bonds. The summed E-state index contributed by atoms with van der Waals surface area (Å²) in [6.07, 6.45) is 0.686. The molecule has 0 bridgehead atoms. The van der Waals surface area contributed by atoms with Crippen molar-refractivity contribution in [2.24, 2.45) is 11.8 Å². The molecule has 5 heteroatoms. The van der Waals surface area contributed by atoms with Gasteiger partial charge in [0.2, 0.25) is 11.8 Å². The second-order valence-electron chi connectivity index (χ2n) is 5.68. The summed E-state index contributed by atoms with van der Waals surface area (Å²) in [4.78, 5) is 26.3. The number of nitrogens with zero attached hydrogens (tertiary/aromatic N) is 1. The van der Waals surface area contributed by atoms with Crippen molar-refractivity contribution >= 4 is 11.8 Å². The Morgan fingerprint density at radius 3 is 2.58 bits per heavy atom. The topological polar surface area (TPSA) is 58.6 Å². The third-order valence-electron chi connectivity index (χ3n) is 4.53. The maximum atomic E-state index is 12.7. The quantitative estimate of drug-likeness (QED) is 0.805. The van der Waals surface area contributed by atoms with Crippen LogP contribution in [-0.2, 0) is 14.3 Å². The van der Waals surface area contributed by atoms with Crippen LogP contribution in [-0.4, -0.2) is 48.1 Å². The van der Waals surface area contributed by atoms with Crippen LogP contribution >= 0.6 is 0 Å². The van der Waals surface area contributed by atoms with Gasteiger partial charge in [-0.3, -0.25) is 9.59 Å². The molecule has 5 nitrogen and oxygen atoms in total. The number of nitrogens with one attached hydrogen (secondary N) is 1. The van der Waals surface area contributed by atoms with Crippen LogP contribution in [0.3, 0.4) is 0 Å². The Balaban J connectivity index is 2.16. The average Bonchev–Trinajstić information content (AvgIpc) is 2.62. The zero-order valence-electron chi connectivity index (χ0n) is 12.2. The second kappa shape index (κ2) is 5.49. The Hall–Kier alpha value is -1.10. The van der Waals surface area contributed by atoms with Gasteiger partial charge in [-0.1, -0.05) is 13.8 Å². The Morgan fingerprint density at radius 2 is 2.05 bits per heavy atom. The number of carbonyl (C=O) groups excluding carboxylic acids is 2. The van der Waals surface area contributed by atoms with Gasteiger partial charge in [0.15, 0.2) is 0 Å². The molecule has 0 aromatic rings. The molecular weight excluding hydrogens is 244 g/mol. The van der Waals surface area contributed by atoms with Gasteiger partial charge in [-0.05, 0) is 26.2 Å². The van der Waals surface area contributed by atoms with Crippen molar-refractivity contribution in [1.29, 1.82) is 0 Å². The normalized spacial score (nSPS) is 39.3. The van der Waals surface area contributed by atoms with Gasteiger partial charge in [-0.2, -0.15) is 0 Å². The van der Waals surface area contributed by atoms with Crippen molar-refractivity contribution in [3.05, 3.63) is 0 Å². The van der Waals surface area contributed by atoms with Crippen LogP contribution < -0.4 is 5.32 Å². The first-order chi connectivity index (χ1) is 8.97. The van der Waals surface area contributed by atoms with Crippen molar-refractivity contribution in [2.75, 3.05) is 13.1 Å². The van der Waals surface area contributed by atoms with E-state index >= 15 is 0 Å². The van der Waals surface area contributed by atoms with E-state index in [9.17, 15) is 9.59 Å². The molecule has 2 rings (SSSR count).